The van der Waals surface area contributed by atoms with Crippen molar-refractivity contribution in [3.05, 3.63) is 23.8 Å². The second kappa shape index (κ2) is 4.87. The van der Waals surface area contributed by atoms with Crippen LogP contribution in [0.25, 0.3) is 11.1 Å². The molecule has 2 unspecified atom stereocenters. The molecule has 4 N–H and O–H groups in total. The number of fused-ring (bicyclic) bond motifs is 2. The van der Waals surface area contributed by atoms with Crippen LogP contribution in [0.4, 0.5) is 0 Å². The van der Waals surface area contributed by atoms with Crippen LogP contribution in [0.5, 0.6) is 23.0 Å². The van der Waals surface area contributed by atoms with Gasteiger partial charge < -0.3 is 24.9 Å². The van der Waals surface area contributed by atoms with E-state index in [0.29, 0.717) is 5.56 Å². The molecule has 5 rings (SSSR count). The fraction of sp³-hybridized carbons (Fsp3) is 0.200. The summed E-state index contributed by atoms with van der Waals surface area (Å²) in [5, 5.41) is 40.7. The van der Waals surface area contributed by atoms with Crippen LogP contribution in [0.1, 0.15) is 11.7 Å². The molecule has 0 aliphatic carbocycles. The molecule has 0 amide bonds. The normalized spacial score (nSPS) is 24.3. The van der Waals surface area contributed by atoms with Gasteiger partial charge in [0, 0.05) is 18.2 Å². The van der Waals surface area contributed by atoms with E-state index in [2.05, 4.69) is 4.89 Å². The first-order valence-corrected chi connectivity index (χ1v) is 8.62. The van der Waals surface area contributed by atoms with Gasteiger partial charge >= 0.3 is 0 Å². The van der Waals surface area contributed by atoms with Gasteiger partial charge in [0.25, 0.3) is 7.37 Å². The summed E-state index contributed by atoms with van der Waals surface area (Å²) in [5.74, 6) is -1.41. The third-order valence-corrected chi connectivity index (χ3v) is 6.80. The predicted molar refractivity (Wildman–Crippen MR) is 82.2 cm³/mol. The minimum atomic E-state index is -3.44. The Labute approximate surface area is 135 Å². The van der Waals surface area contributed by atoms with Crippen molar-refractivity contribution in [2.75, 3.05) is 13.7 Å². The van der Waals surface area contributed by atoms with Crippen molar-refractivity contribution < 1.29 is 39.3 Å². The topological polar surface area (TPSA) is 126 Å². The summed E-state index contributed by atoms with van der Waals surface area (Å²) in [4.78, 5) is 9.47. The molecule has 0 aromatic heterocycles. The minimum Gasteiger partial charge on any atom is -0.507 e. The van der Waals surface area contributed by atoms with E-state index in [0.717, 1.165) is 0 Å². The molecule has 3 heterocycles. The molecular weight excluding hydrogens is 339 g/mol. The second-order valence-electron chi connectivity index (χ2n) is 5.49. The Balaban J connectivity index is 1.92. The molecule has 9 heteroatoms. The lowest BCUT2D eigenvalue weighted by molar-refractivity contribution is -0.429. The molecule has 0 saturated carbocycles. The highest BCUT2D eigenvalue weighted by molar-refractivity contribution is 7.77. The molecule has 1 saturated heterocycles. The number of phenols is 4. The molecule has 1 fully saturated rings. The van der Waals surface area contributed by atoms with Crippen LogP contribution in [0.2, 0.25) is 0 Å². The Morgan fingerprint density at radius 1 is 1.17 bits per heavy atom. The van der Waals surface area contributed by atoms with Gasteiger partial charge in [-0.2, -0.15) is 0 Å². The quantitative estimate of drug-likeness (QED) is 0.482. The fourth-order valence-corrected chi connectivity index (χ4v) is 4.93. The van der Waals surface area contributed by atoms with E-state index in [4.69, 9.17) is 9.41 Å². The molecule has 2 aromatic rings. The Morgan fingerprint density at radius 2 is 1.88 bits per heavy atom. The summed E-state index contributed by atoms with van der Waals surface area (Å²) in [6.45, 7) is 0.245. The molecule has 24 heavy (non-hydrogen) atoms. The van der Waals surface area contributed by atoms with Crippen LogP contribution in [0, 0.1) is 0 Å². The molecule has 2 aromatic carbocycles. The monoisotopic (exact) mass is 352 g/mol. The van der Waals surface area contributed by atoms with Crippen molar-refractivity contribution in [2.45, 2.75) is 6.10 Å². The second-order valence-corrected chi connectivity index (χ2v) is 7.89. The SMILES string of the molecule is COP1(=O)c2cc(-c3c(O)ccc(C4COO4)c3O)c(O)c1c2O. The van der Waals surface area contributed by atoms with E-state index in [1.54, 1.807) is 0 Å². The van der Waals surface area contributed by atoms with Gasteiger partial charge in [-0.3, -0.25) is 4.57 Å². The molecule has 126 valence electrons. The van der Waals surface area contributed by atoms with Gasteiger partial charge in [-0.1, -0.05) is 0 Å². The lowest BCUT2D eigenvalue weighted by Gasteiger charge is -2.31. The number of hydrogen-bond acceptors (Lipinski definition) is 8. The maximum Gasteiger partial charge on any atom is 0.272 e. The van der Waals surface area contributed by atoms with E-state index >= 15 is 0 Å². The molecule has 2 atom stereocenters. The maximum atomic E-state index is 12.5. The van der Waals surface area contributed by atoms with Gasteiger partial charge in [0.2, 0.25) is 0 Å². The van der Waals surface area contributed by atoms with Gasteiger partial charge in [-0.05, 0) is 18.2 Å². The number of phenolic OH excluding ortho intramolecular Hbond substituents is 4. The van der Waals surface area contributed by atoms with E-state index in [1.807, 2.05) is 0 Å². The van der Waals surface area contributed by atoms with Crippen LogP contribution in [0.15, 0.2) is 18.2 Å². The molecule has 3 aliphatic heterocycles. The van der Waals surface area contributed by atoms with Gasteiger partial charge in [0.1, 0.15) is 41.0 Å². The highest BCUT2D eigenvalue weighted by atomic mass is 31.2. The number of aromatic hydroxyl groups is 4. The Bertz CT molecular complexity index is 918. The van der Waals surface area contributed by atoms with Crippen molar-refractivity contribution in [3.63, 3.8) is 0 Å². The Kier molecular flexibility index (Phi) is 3.10. The van der Waals surface area contributed by atoms with E-state index in [-0.39, 0.29) is 45.6 Å². The van der Waals surface area contributed by atoms with Gasteiger partial charge in [-0.15, -0.1) is 0 Å². The van der Waals surface area contributed by atoms with Crippen molar-refractivity contribution in [3.8, 4) is 34.1 Å². The van der Waals surface area contributed by atoms with Crippen LogP contribution >= 0.6 is 7.37 Å². The lowest BCUT2D eigenvalue weighted by Crippen LogP contribution is -2.32. The van der Waals surface area contributed by atoms with Crippen molar-refractivity contribution in [2.24, 2.45) is 0 Å². The Hall–Kier alpha value is -2.25. The van der Waals surface area contributed by atoms with E-state index < -0.39 is 19.2 Å². The fourth-order valence-electron chi connectivity index (χ4n) is 2.99. The molecule has 8 nitrogen and oxygen atoms in total. The summed E-state index contributed by atoms with van der Waals surface area (Å²) in [7, 11) is -2.23. The zero-order valence-electron chi connectivity index (χ0n) is 12.4. The summed E-state index contributed by atoms with van der Waals surface area (Å²) in [5.41, 5.74) is 0.365. The lowest BCUT2D eigenvalue weighted by atomic mass is 9.96. The molecule has 0 spiro atoms. The summed E-state index contributed by atoms with van der Waals surface area (Å²) >= 11 is 0. The standard InChI is InChI=1S/C15H13O8P/c1-21-24(20)10-4-7(13(18)15(24)14(10)19)11-8(16)3-2-6(12(11)17)9-5-22-23-9/h2-4,9,16-19H,5H2,1H3. The van der Waals surface area contributed by atoms with Crippen LogP contribution < -0.4 is 10.6 Å². The largest absolute Gasteiger partial charge is 0.507 e. The van der Waals surface area contributed by atoms with Crippen LogP contribution in [0.3, 0.4) is 0 Å². The zero-order chi connectivity index (χ0) is 17.2. The first kappa shape index (κ1) is 15.3. The summed E-state index contributed by atoms with van der Waals surface area (Å²) < 4.78 is 17.4. The molecule has 2 bridgehead atoms. The van der Waals surface area contributed by atoms with Crippen LogP contribution in [-0.4, -0.2) is 34.1 Å². The predicted octanol–water partition coefficient (Wildman–Crippen LogP) is 1.37. The maximum absolute atomic E-state index is 12.5. The van der Waals surface area contributed by atoms with Gasteiger partial charge in [0.05, 0.1) is 10.9 Å². The van der Waals surface area contributed by atoms with Crippen molar-refractivity contribution in [1.29, 1.82) is 0 Å². The smallest absolute Gasteiger partial charge is 0.272 e. The summed E-state index contributed by atoms with van der Waals surface area (Å²) in [6.07, 6.45) is -0.490. The van der Waals surface area contributed by atoms with Gasteiger partial charge in [-0.25, -0.2) is 9.78 Å². The number of hydrogen-bond donors (Lipinski definition) is 4. The number of rotatable bonds is 3. The zero-order valence-corrected chi connectivity index (χ0v) is 13.3. The average molecular weight is 352 g/mol. The highest BCUT2D eigenvalue weighted by Gasteiger charge is 2.48. The Morgan fingerprint density at radius 3 is 2.42 bits per heavy atom. The molecular formula is C15H13O8P. The first-order valence-electron chi connectivity index (χ1n) is 6.99. The van der Waals surface area contributed by atoms with Crippen molar-refractivity contribution >= 4 is 18.0 Å². The molecule has 3 aliphatic rings. The third kappa shape index (κ3) is 1.71. The highest BCUT2D eigenvalue weighted by Crippen LogP contribution is 2.61. The first-order chi connectivity index (χ1) is 11.4. The third-order valence-electron chi connectivity index (χ3n) is 4.30. The average Bonchev–Trinajstić information content (AvgIpc) is 2.50. The van der Waals surface area contributed by atoms with E-state index in [9.17, 15) is 25.0 Å². The van der Waals surface area contributed by atoms with Gasteiger partial charge in [0.15, 0.2) is 0 Å². The molecule has 0 radical (unpaired) electrons. The van der Waals surface area contributed by atoms with E-state index in [1.165, 1.54) is 25.3 Å². The van der Waals surface area contributed by atoms with Crippen LogP contribution in [-0.2, 0) is 18.9 Å². The summed E-state index contributed by atoms with van der Waals surface area (Å²) in [6, 6.07) is 4.06. The number of benzene rings is 2. The van der Waals surface area contributed by atoms with Crippen molar-refractivity contribution in [1.82, 2.24) is 0 Å². The minimum absolute atomic E-state index is 0.0280.